The van der Waals surface area contributed by atoms with Gasteiger partial charge in [0.15, 0.2) is 0 Å². The summed E-state index contributed by atoms with van der Waals surface area (Å²) in [6, 6.07) is 11.9. The minimum absolute atomic E-state index is 0.136. The molecule has 4 rings (SSSR count). The second-order valence-corrected chi connectivity index (χ2v) is 6.45. The van der Waals surface area contributed by atoms with Gasteiger partial charge >= 0.3 is 12.2 Å². The van der Waals surface area contributed by atoms with Crippen molar-refractivity contribution in [2.24, 2.45) is 0 Å². The Bertz CT molecular complexity index is 1100. The molecule has 6 nitrogen and oxygen atoms in total. The number of urea groups is 1. The number of benzene rings is 2. The van der Waals surface area contributed by atoms with E-state index in [0.717, 1.165) is 6.20 Å². The molecule has 0 bridgehead atoms. The standard InChI is InChI=1S/C20H15F3N4O2/c21-20(22,23)17-14-3-1-2-4-16(14)25-11-15(17)18(28)26-12-5-7-13(8-6-12)27-10-9-24-19(27)29/h1-8,11H,9-10H2,(H,24,29)(H,26,28). The molecule has 0 atom stereocenters. The lowest BCUT2D eigenvalue weighted by Crippen LogP contribution is -2.27. The van der Waals surface area contributed by atoms with Crippen LogP contribution in [0.1, 0.15) is 15.9 Å². The molecule has 2 N–H and O–H groups in total. The van der Waals surface area contributed by atoms with Crippen LogP contribution in [0, 0.1) is 0 Å². The Morgan fingerprint density at radius 1 is 1.10 bits per heavy atom. The summed E-state index contributed by atoms with van der Waals surface area (Å²) in [5.74, 6) is -0.915. The lowest BCUT2D eigenvalue weighted by molar-refractivity contribution is -0.136. The molecule has 2 aromatic carbocycles. The molecule has 0 spiro atoms. The molecular weight excluding hydrogens is 385 g/mol. The zero-order valence-electron chi connectivity index (χ0n) is 15.0. The van der Waals surface area contributed by atoms with Crippen LogP contribution in [-0.4, -0.2) is 30.0 Å². The number of fused-ring (bicyclic) bond motifs is 1. The Balaban J connectivity index is 1.63. The van der Waals surface area contributed by atoms with Crippen LogP contribution in [0.3, 0.4) is 0 Å². The summed E-state index contributed by atoms with van der Waals surface area (Å²) < 4.78 is 41.1. The van der Waals surface area contributed by atoms with Gasteiger partial charge in [-0.3, -0.25) is 14.7 Å². The second-order valence-electron chi connectivity index (χ2n) is 6.45. The number of anilines is 2. The van der Waals surface area contributed by atoms with Crippen LogP contribution in [0.2, 0.25) is 0 Å². The number of aromatic nitrogens is 1. The third-order valence-corrected chi connectivity index (χ3v) is 4.60. The summed E-state index contributed by atoms with van der Waals surface area (Å²) in [5, 5.41) is 5.01. The Morgan fingerprint density at radius 3 is 2.48 bits per heavy atom. The number of alkyl halides is 3. The Labute approximate surface area is 163 Å². The van der Waals surface area contributed by atoms with Crippen molar-refractivity contribution in [2.75, 3.05) is 23.3 Å². The molecule has 1 aliphatic heterocycles. The van der Waals surface area contributed by atoms with Gasteiger partial charge < -0.3 is 10.6 Å². The molecule has 2 heterocycles. The highest BCUT2D eigenvalue weighted by atomic mass is 19.4. The van der Waals surface area contributed by atoms with Gasteiger partial charge in [-0.2, -0.15) is 13.2 Å². The monoisotopic (exact) mass is 400 g/mol. The van der Waals surface area contributed by atoms with Crippen molar-refractivity contribution in [3.05, 3.63) is 65.9 Å². The van der Waals surface area contributed by atoms with Crippen molar-refractivity contribution >= 4 is 34.2 Å². The zero-order valence-corrected chi connectivity index (χ0v) is 15.0. The fourth-order valence-corrected chi connectivity index (χ4v) is 3.26. The normalized spacial score (nSPS) is 14.2. The highest BCUT2D eigenvalue weighted by molar-refractivity contribution is 6.08. The van der Waals surface area contributed by atoms with Crippen LogP contribution in [0.5, 0.6) is 0 Å². The van der Waals surface area contributed by atoms with Gasteiger partial charge in [-0.05, 0) is 30.3 Å². The Hall–Kier alpha value is -3.62. The first-order valence-corrected chi connectivity index (χ1v) is 8.76. The maximum absolute atomic E-state index is 13.7. The van der Waals surface area contributed by atoms with Crippen LogP contribution in [0.4, 0.5) is 29.3 Å². The van der Waals surface area contributed by atoms with Crippen molar-refractivity contribution in [3.8, 4) is 0 Å². The van der Waals surface area contributed by atoms with E-state index in [0.29, 0.717) is 24.5 Å². The summed E-state index contributed by atoms with van der Waals surface area (Å²) in [4.78, 5) is 29.8. The van der Waals surface area contributed by atoms with E-state index in [1.54, 1.807) is 18.2 Å². The van der Waals surface area contributed by atoms with Crippen LogP contribution >= 0.6 is 0 Å². The molecule has 3 aromatic rings. The third-order valence-electron chi connectivity index (χ3n) is 4.60. The summed E-state index contributed by atoms with van der Waals surface area (Å²) in [6.45, 7) is 1.05. The van der Waals surface area contributed by atoms with Crippen molar-refractivity contribution in [1.82, 2.24) is 10.3 Å². The predicted molar refractivity (Wildman–Crippen MR) is 102 cm³/mol. The first kappa shape index (κ1) is 18.7. The van der Waals surface area contributed by atoms with Gasteiger partial charge in [-0.25, -0.2) is 4.79 Å². The Kier molecular flexibility index (Phi) is 4.57. The van der Waals surface area contributed by atoms with Crippen molar-refractivity contribution in [1.29, 1.82) is 0 Å². The molecule has 0 radical (unpaired) electrons. The van der Waals surface area contributed by atoms with Crippen LogP contribution in [0.25, 0.3) is 10.9 Å². The van der Waals surface area contributed by atoms with Gasteiger partial charge in [0.05, 0.1) is 16.6 Å². The average molecular weight is 400 g/mol. The number of nitrogens with one attached hydrogen (secondary N) is 2. The van der Waals surface area contributed by atoms with Crippen molar-refractivity contribution < 1.29 is 22.8 Å². The molecule has 148 valence electrons. The summed E-state index contributed by atoms with van der Waals surface area (Å²) in [7, 11) is 0. The molecule has 1 aliphatic rings. The Morgan fingerprint density at radius 2 is 1.83 bits per heavy atom. The number of carbonyl (C=O) groups is 2. The second kappa shape index (κ2) is 7.08. The summed E-state index contributed by atoms with van der Waals surface area (Å²) in [6.07, 6.45) is -3.79. The maximum Gasteiger partial charge on any atom is 0.417 e. The molecular formula is C20H15F3N4O2. The number of carbonyl (C=O) groups excluding carboxylic acids is 2. The number of hydrogen-bond acceptors (Lipinski definition) is 3. The minimum atomic E-state index is -4.72. The number of hydrogen-bond donors (Lipinski definition) is 2. The van der Waals surface area contributed by atoms with Gasteiger partial charge in [0, 0.05) is 36.0 Å². The van der Waals surface area contributed by atoms with E-state index in [2.05, 4.69) is 15.6 Å². The van der Waals surface area contributed by atoms with E-state index in [1.807, 2.05) is 0 Å². The minimum Gasteiger partial charge on any atom is -0.336 e. The van der Waals surface area contributed by atoms with E-state index in [-0.39, 0.29) is 16.9 Å². The third kappa shape index (κ3) is 3.58. The van der Waals surface area contributed by atoms with E-state index in [1.165, 1.54) is 35.2 Å². The summed E-state index contributed by atoms with van der Waals surface area (Å²) in [5.41, 5.74) is -0.490. The molecule has 29 heavy (non-hydrogen) atoms. The molecule has 9 heteroatoms. The lowest BCUT2D eigenvalue weighted by Gasteiger charge is -2.16. The molecule has 0 saturated carbocycles. The molecule has 0 aliphatic carbocycles. The summed E-state index contributed by atoms with van der Waals surface area (Å²) >= 11 is 0. The first-order chi connectivity index (χ1) is 13.8. The van der Waals surface area contributed by atoms with E-state index in [4.69, 9.17) is 0 Å². The zero-order chi connectivity index (χ0) is 20.6. The number of para-hydroxylation sites is 1. The quantitative estimate of drug-likeness (QED) is 0.697. The topological polar surface area (TPSA) is 74.3 Å². The number of amides is 3. The fourth-order valence-electron chi connectivity index (χ4n) is 3.26. The van der Waals surface area contributed by atoms with Crippen molar-refractivity contribution in [2.45, 2.75) is 6.18 Å². The number of pyridine rings is 1. The average Bonchev–Trinajstić information content (AvgIpc) is 3.12. The predicted octanol–water partition coefficient (Wildman–Crippen LogP) is 4.04. The molecule has 3 amide bonds. The van der Waals surface area contributed by atoms with E-state index in [9.17, 15) is 22.8 Å². The van der Waals surface area contributed by atoms with Gasteiger partial charge in [-0.15, -0.1) is 0 Å². The maximum atomic E-state index is 13.7. The lowest BCUT2D eigenvalue weighted by atomic mass is 10.0. The van der Waals surface area contributed by atoms with E-state index < -0.39 is 23.2 Å². The van der Waals surface area contributed by atoms with Crippen LogP contribution < -0.4 is 15.5 Å². The molecule has 1 saturated heterocycles. The van der Waals surface area contributed by atoms with Gasteiger partial charge in [-0.1, -0.05) is 18.2 Å². The highest BCUT2D eigenvalue weighted by Gasteiger charge is 2.37. The number of rotatable bonds is 3. The first-order valence-electron chi connectivity index (χ1n) is 8.76. The van der Waals surface area contributed by atoms with Gasteiger partial charge in [0.1, 0.15) is 0 Å². The fraction of sp³-hybridized carbons (Fsp3) is 0.150. The van der Waals surface area contributed by atoms with Crippen LogP contribution in [0.15, 0.2) is 54.7 Å². The molecule has 0 unspecified atom stereocenters. The largest absolute Gasteiger partial charge is 0.417 e. The number of nitrogens with zero attached hydrogens (tertiary/aromatic N) is 2. The smallest absolute Gasteiger partial charge is 0.336 e. The van der Waals surface area contributed by atoms with E-state index >= 15 is 0 Å². The van der Waals surface area contributed by atoms with Crippen LogP contribution in [-0.2, 0) is 6.18 Å². The van der Waals surface area contributed by atoms with Crippen molar-refractivity contribution in [3.63, 3.8) is 0 Å². The highest BCUT2D eigenvalue weighted by Crippen LogP contribution is 2.37. The molecule has 1 fully saturated rings. The van der Waals surface area contributed by atoms with Gasteiger partial charge in [0.25, 0.3) is 5.91 Å². The SMILES string of the molecule is O=C(Nc1ccc(N2CCNC2=O)cc1)c1cnc2ccccc2c1C(F)(F)F. The number of halogens is 3. The molecule has 1 aromatic heterocycles. The van der Waals surface area contributed by atoms with Gasteiger partial charge in [0.2, 0.25) is 0 Å².